The Bertz CT molecular complexity index is 1310. The molecule has 1 N–H and O–H groups in total. The van der Waals surface area contributed by atoms with Gasteiger partial charge < -0.3 is 14.6 Å². The van der Waals surface area contributed by atoms with Crippen molar-refractivity contribution in [2.45, 2.75) is 26.5 Å². The number of esters is 1. The number of rotatable bonds is 8. The highest BCUT2D eigenvalue weighted by Gasteiger charge is 2.15. The molecule has 0 amide bonds. The zero-order valence-corrected chi connectivity index (χ0v) is 19.2. The molecule has 0 aliphatic rings. The van der Waals surface area contributed by atoms with Gasteiger partial charge in [-0.3, -0.25) is 9.36 Å². The Balaban J connectivity index is 1.46. The van der Waals surface area contributed by atoms with Gasteiger partial charge in [0.05, 0.1) is 30.4 Å². The van der Waals surface area contributed by atoms with E-state index in [1.54, 1.807) is 31.2 Å². The number of aryl methyl sites for hydroxylation is 1. The van der Waals surface area contributed by atoms with E-state index in [-0.39, 0.29) is 18.7 Å². The number of aromatic nitrogens is 2. The fourth-order valence-corrected chi connectivity index (χ4v) is 4.32. The number of carbonyl (C=O) groups excluding carboxylic acids is 1. The molecule has 2 heterocycles. The normalized spacial score (nSPS) is 12.0. The molecule has 0 bridgehead atoms. The summed E-state index contributed by atoms with van der Waals surface area (Å²) in [4.78, 5) is 29.9. The van der Waals surface area contributed by atoms with E-state index >= 15 is 0 Å². The molecule has 1 unspecified atom stereocenters. The summed E-state index contributed by atoms with van der Waals surface area (Å²) >= 11 is 1.42. The Hall–Kier alpha value is -3.49. The van der Waals surface area contributed by atoms with Gasteiger partial charge >= 0.3 is 5.97 Å². The molecule has 0 spiro atoms. The minimum Gasteiger partial charge on any atom is -0.491 e. The number of aliphatic hydroxyl groups is 1. The van der Waals surface area contributed by atoms with E-state index < -0.39 is 12.1 Å². The molecule has 0 aliphatic carbocycles. The first kappa shape index (κ1) is 22.7. The van der Waals surface area contributed by atoms with Crippen LogP contribution in [0.3, 0.4) is 0 Å². The van der Waals surface area contributed by atoms with Crippen LogP contribution in [0.5, 0.6) is 5.75 Å². The molecule has 0 aliphatic heterocycles. The molecular weight excluding hydrogens is 440 g/mol. The highest BCUT2D eigenvalue weighted by Crippen LogP contribution is 2.30. The predicted octanol–water partition coefficient (Wildman–Crippen LogP) is 4.05. The largest absolute Gasteiger partial charge is 0.491 e. The molecular formula is C25H24N2O5S. The number of hydrogen-bond donors (Lipinski definition) is 1. The third kappa shape index (κ3) is 5.13. The molecule has 0 radical (unpaired) electrons. The van der Waals surface area contributed by atoms with Gasteiger partial charge in [0.2, 0.25) is 0 Å². The lowest BCUT2D eigenvalue weighted by Gasteiger charge is -2.14. The first-order valence-electron chi connectivity index (χ1n) is 10.6. The summed E-state index contributed by atoms with van der Waals surface area (Å²) in [6.07, 6.45) is 0.533. The molecule has 8 heteroatoms. The molecule has 0 saturated carbocycles. The van der Waals surface area contributed by atoms with Crippen LogP contribution >= 0.6 is 11.3 Å². The SMILES string of the molecule is CCOC(=O)c1ccc(OCC(O)Cn2cnc3scc(-c4ccc(C)cc4)c3c2=O)cc1. The topological polar surface area (TPSA) is 90.7 Å². The third-order valence-electron chi connectivity index (χ3n) is 5.14. The van der Waals surface area contributed by atoms with Gasteiger partial charge in [-0.05, 0) is 43.7 Å². The summed E-state index contributed by atoms with van der Waals surface area (Å²) in [7, 11) is 0. The van der Waals surface area contributed by atoms with Crippen LogP contribution < -0.4 is 10.3 Å². The lowest BCUT2D eigenvalue weighted by atomic mass is 10.1. The Labute approximate surface area is 194 Å². The van der Waals surface area contributed by atoms with Crippen LogP contribution in [0.2, 0.25) is 0 Å². The van der Waals surface area contributed by atoms with E-state index in [0.717, 1.165) is 16.7 Å². The van der Waals surface area contributed by atoms with E-state index in [0.29, 0.717) is 28.1 Å². The maximum absolute atomic E-state index is 13.1. The number of aliphatic hydroxyl groups excluding tert-OH is 1. The number of fused-ring (bicyclic) bond motifs is 1. The van der Waals surface area contributed by atoms with Crippen molar-refractivity contribution < 1.29 is 19.4 Å². The first-order valence-corrected chi connectivity index (χ1v) is 11.5. The van der Waals surface area contributed by atoms with E-state index in [1.807, 2.05) is 36.6 Å². The molecule has 2 aromatic heterocycles. The monoisotopic (exact) mass is 464 g/mol. The number of thiophene rings is 1. The fraction of sp³-hybridized carbons (Fsp3) is 0.240. The zero-order chi connectivity index (χ0) is 23.4. The Morgan fingerprint density at radius 3 is 2.58 bits per heavy atom. The van der Waals surface area contributed by atoms with Gasteiger partial charge in [0.1, 0.15) is 23.3 Å². The maximum Gasteiger partial charge on any atom is 0.338 e. The maximum atomic E-state index is 13.1. The van der Waals surface area contributed by atoms with Crippen molar-refractivity contribution in [1.29, 1.82) is 0 Å². The van der Waals surface area contributed by atoms with Crippen LogP contribution in [0, 0.1) is 6.92 Å². The van der Waals surface area contributed by atoms with Gasteiger partial charge in [-0.15, -0.1) is 11.3 Å². The summed E-state index contributed by atoms with van der Waals surface area (Å²) in [5.74, 6) is 0.104. The number of carbonyl (C=O) groups is 1. The minimum absolute atomic E-state index is 0.0162. The van der Waals surface area contributed by atoms with Crippen molar-refractivity contribution in [2.24, 2.45) is 0 Å². The Kier molecular flexibility index (Phi) is 6.86. The van der Waals surface area contributed by atoms with Crippen LogP contribution in [0.4, 0.5) is 0 Å². The van der Waals surface area contributed by atoms with Crippen LogP contribution in [0.15, 0.2) is 65.0 Å². The molecule has 7 nitrogen and oxygen atoms in total. The van der Waals surface area contributed by atoms with Crippen LogP contribution in [-0.2, 0) is 11.3 Å². The molecule has 0 fully saturated rings. The van der Waals surface area contributed by atoms with Crippen LogP contribution in [-0.4, -0.2) is 39.9 Å². The number of benzene rings is 2. The highest BCUT2D eigenvalue weighted by molar-refractivity contribution is 7.17. The average molecular weight is 465 g/mol. The second-order valence-electron chi connectivity index (χ2n) is 7.61. The predicted molar refractivity (Wildman–Crippen MR) is 128 cm³/mol. The van der Waals surface area contributed by atoms with E-state index in [4.69, 9.17) is 9.47 Å². The summed E-state index contributed by atoms with van der Waals surface area (Å²) in [5, 5.41) is 12.9. The molecule has 4 rings (SSSR count). The summed E-state index contributed by atoms with van der Waals surface area (Å²) in [6, 6.07) is 14.5. The van der Waals surface area contributed by atoms with Crippen molar-refractivity contribution in [1.82, 2.24) is 9.55 Å². The lowest BCUT2D eigenvalue weighted by molar-refractivity contribution is 0.0526. The Morgan fingerprint density at radius 1 is 1.15 bits per heavy atom. The van der Waals surface area contributed by atoms with Gasteiger partial charge in [0, 0.05) is 10.9 Å². The van der Waals surface area contributed by atoms with Crippen molar-refractivity contribution in [2.75, 3.05) is 13.2 Å². The highest BCUT2D eigenvalue weighted by atomic mass is 32.1. The van der Waals surface area contributed by atoms with Gasteiger partial charge in [0.15, 0.2) is 0 Å². The second-order valence-corrected chi connectivity index (χ2v) is 8.47. The van der Waals surface area contributed by atoms with E-state index in [1.165, 1.54) is 22.2 Å². The first-order chi connectivity index (χ1) is 16.0. The second kappa shape index (κ2) is 9.97. The minimum atomic E-state index is -0.923. The van der Waals surface area contributed by atoms with Gasteiger partial charge in [-0.25, -0.2) is 9.78 Å². The molecule has 2 aromatic carbocycles. The van der Waals surface area contributed by atoms with Crippen molar-refractivity contribution in [3.05, 3.63) is 81.7 Å². The standard InChI is InChI=1S/C25H24N2O5S/c1-3-31-25(30)18-8-10-20(11-9-18)32-13-19(28)12-27-15-26-23-22(24(27)29)21(14-33-23)17-6-4-16(2)5-7-17/h4-11,14-15,19,28H,3,12-13H2,1-2H3. The molecule has 4 aromatic rings. The quantitative estimate of drug-likeness (QED) is 0.396. The molecule has 0 saturated heterocycles. The van der Waals surface area contributed by atoms with Crippen LogP contribution in [0.25, 0.3) is 21.3 Å². The van der Waals surface area contributed by atoms with Crippen LogP contribution in [0.1, 0.15) is 22.8 Å². The van der Waals surface area contributed by atoms with Crippen molar-refractivity contribution in [3.63, 3.8) is 0 Å². The van der Waals surface area contributed by atoms with Gasteiger partial charge in [-0.2, -0.15) is 0 Å². The smallest absolute Gasteiger partial charge is 0.338 e. The van der Waals surface area contributed by atoms with Crippen molar-refractivity contribution in [3.8, 4) is 16.9 Å². The van der Waals surface area contributed by atoms with E-state index in [9.17, 15) is 14.7 Å². The Morgan fingerprint density at radius 2 is 1.88 bits per heavy atom. The third-order valence-corrected chi connectivity index (χ3v) is 6.02. The average Bonchev–Trinajstić information content (AvgIpc) is 3.25. The summed E-state index contributed by atoms with van der Waals surface area (Å²) in [6.45, 7) is 4.10. The fourth-order valence-electron chi connectivity index (χ4n) is 3.42. The summed E-state index contributed by atoms with van der Waals surface area (Å²) < 4.78 is 12.0. The molecule has 1 atom stereocenters. The van der Waals surface area contributed by atoms with Gasteiger partial charge in [-0.1, -0.05) is 29.8 Å². The van der Waals surface area contributed by atoms with Gasteiger partial charge in [0.25, 0.3) is 5.56 Å². The lowest BCUT2D eigenvalue weighted by Crippen LogP contribution is -2.30. The van der Waals surface area contributed by atoms with E-state index in [2.05, 4.69) is 4.98 Å². The summed E-state index contributed by atoms with van der Waals surface area (Å²) in [5.41, 5.74) is 3.17. The zero-order valence-electron chi connectivity index (χ0n) is 18.4. The number of nitrogens with zero attached hydrogens (tertiary/aromatic N) is 2. The molecule has 33 heavy (non-hydrogen) atoms. The number of hydrogen-bond acceptors (Lipinski definition) is 7. The molecule has 170 valence electrons. The number of ether oxygens (including phenoxy) is 2. The van der Waals surface area contributed by atoms with Crippen molar-refractivity contribution >= 4 is 27.5 Å².